The van der Waals surface area contributed by atoms with E-state index in [1.165, 1.54) is 58.1 Å². The van der Waals surface area contributed by atoms with E-state index in [0.29, 0.717) is 0 Å². The van der Waals surface area contributed by atoms with Gasteiger partial charge in [0.1, 0.15) is 0 Å². The molecule has 0 spiro atoms. The van der Waals surface area contributed by atoms with Crippen LogP contribution < -0.4 is 15.9 Å². The van der Waals surface area contributed by atoms with Crippen LogP contribution in [0.25, 0.3) is 0 Å². The predicted octanol–water partition coefficient (Wildman–Crippen LogP) is 7.97. The maximum atomic E-state index is 2.57. The van der Waals surface area contributed by atoms with Crippen LogP contribution in [0.15, 0.2) is 115 Å². The van der Waals surface area contributed by atoms with E-state index in [1.807, 2.05) is 0 Å². The Morgan fingerprint density at radius 1 is 0.528 bits per heavy atom. The fraction of sp³-hybridized carbons (Fsp3) is 0.294. The van der Waals surface area contributed by atoms with Gasteiger partial charge in [0.05, 0.1) is 0 Å². The van der Waals surface area contributed by atoms with Gasteiger partial charge in [-0.25, -0.2) is 0 Å². The van der Waals surface area contributed by atoms with Crippen molar-refractivity contribution < 1.29 is 0 Å². The summed E-state index contributed by atoms with van der Waals surface area (Å²) >= 11 is 0. The van der Waals surface area contributed by atoms with E-state index < -0.39 is 13.9 Å². The summed E-state index contributed by atoms with van der Waals surface area (Å²) < 4.78 is 0. The Bertz CT molecular complexity index is 1170. The molecule has 0 nitrogen and oxygen atoms in total. The van der Waals surface area contributed by atoms with Crippen LogP contribution in [-0.4, -0.2) is 31.3 Å². The van der Waals surface area contributed by atoms with Crippen molar-refractivity contribution in [3.8, 4) is 0 Å². The first-order valence-electron chi connectivity index (χ1n) is 13.6. The van der Waals surface area contributed by atoms with E-state index in [9.17, 15) is 0 Å². The first kappa shape index (κ1) is 26.8. The quantitative estimate of drug-likeness (QED) is 0.178. The van der Waals surface area contributed by atoms with Crippen molar-refractivity contribution >= 4 is 29.8 Å². The molecular weight excluding hydrogens is 470 g/mol. The third-order valence-electron chi connectivity index (χ3n) is 8.91. The van der Waals surface area contributed by atoms with E-state index in [-0.39, 0.29) is 0 Å². The van der Waals surface area contributed by atoms with Crippen molar-refractivity contribution in [2.75, 3.05) is 31.3 Å². The molecule has 0 fully saturated rings. The molecule has 0 radical (unpaired) electrons. The van der Waals surface area contributed by atoms with Gasteiger partial charge in [-0.05, 0) is 0 Å². The first-order chi connectivity index (χ1) is 17.5. The second kappa shape index (κ2) is 11.4. The topological polar surface area (TPSA) is 0 Å². The molecule has 0 unspecified atom stereocenters. The van der Waals surface area contributed by atoms with E-state index >= 15 is 0 Å². The van der Waals surface area contributed by atoms with Crippen LogP contribution in [0, 0.1) is 0 Å². The van der Waals surface area contributed by atoms with E-state index in [1.54, 1.807) is 0 Å². The van der Waals surface area contributed by atoms with Gasteiger partial charge in [-0.2, -0.15) is 0 Å². The third-order valence-corrected chi connectivity index (χ3v) is 20.5. The van der Waals surface area contributed by atoms with Gasteiger partial charge in [0.15, 0.2) is 0 Å². The molecule has 0 aliphatic carbocycles. The third kappa shape index (κ3) is 5.09. The molecule has 4 aromatic carbocycles. The number of hydrogen-bond acceptors (Lipinski definition) is 0. The molecule has 36 heavy (non-hydrogen) atoms. The van der Waals surface area contributed by atoms with Gasteiger partial charge in [0, 0.05) is 0 Å². The molecule has 0 atom stereocenters. The Morgan fingerprint density at radius 2 is 0.972 bits per heavy atom. The Kier molecular flexibility index (Phi) is 8.50. The fourth-order valence-corrected chi connectivity index (χ4v) is 14.2. The van der Waals surface area contributed by atoms with Crippen LogP contribution in [0.3, 0.4) is 0 Å². The zero-order valence-corrected chi connectivity index (χ0v) is 24.4. The predicted molar refractivity (Wildman–Crippen MR) is 168 cm³/mol. The van der Waals surface area contributed by atoms with Gasteiger partial charge in [-0.3, -0.25) is 0 Å². The van der Waals surface area contributed by atoms with Gasteiger partial charge < -0.3 is 0 Å². The molecule has 188 valence electrons. The monoisotopic (exact) mass is 513 g/mol. The summed E-state index contributed by atoms with van der Waals surface area (Å²) in [5, 5.41) is 4.46. The van der Waals surface area contributed by atoms with Gasteiger partial charge in [-0.15, -0.1) is 0 Å². The fourth-order valence-electron chi connectivity index (χ4n) is 5.90. The molecular formula is C34H43P2+. The summed E-state index contributed by atoms with van der Waals surface area (Å²) in [7, 11) is -0.996. The zero-order chi connectivity index (χ0) is 25.5. The average Bonchev–Trinajstić information content (AvgIpc) is 2.97. The van der Waals surface area contributed by atoms with E-state index in [4.69, 9.17) is 0 Å². The molecule has 0 aliphatic rings. The number of aryl methyl sites for hydroxylation is 1. The van der Waals surface area contributed by atoms with E-state index in [2.05, 4.69) is 143 Å². The van der Waals surface area contributed by atoms with Gasteiger partial charge in [-0.1, -0.05) is 0 Å². The second-order valence-electron chi connectivity index (χ2n) is 10.5. The normalized spacial score (nSPS) is 13.2. The number of rotatable bonds is 11. The van der Waals surface area contributed by atoms with Crippen LogP contribution >= 0.6 is 13.9 Å². The van der Waals surface area contributed by atoms with Gasteiger partial charge in [0.2, 0.25) is 0 Å². The van der Waals surface area contributed by atoms with E-state index in [0.717, 1.165) is 6.16 Å². The molecule has 0 aromatic heterocycles. The van der Waals surface area contributed by atoms with Crippen molar-refractivity contribution in [2.24, 2.45) is 0 Å². The Balaban J connectivity index is 1.65. The van der Waals surface area contributed by atoms with Crippen LogP contribution in [0.2, 0.25) is 0 Å². The molecule has 0 aliphatic heterocycles. The molecule has 0 heterocycles. The molecule has 0 saturated heterocycles. The van der Waals surface area contributed by atoms with Crippen LogP contribution in [0.5, 0.6) is 0 Å². The Morgan fingerprint density at radius 3 is 1.42 bits per heavy atom. The van der Waals surface area contributed by atoms with Crippen molar-refractivity contribution in [2.45, 2.75) is 33.4 Å². The summed E-state index contributed by atoms with van der Waals surface area (Å²) in [5.74, 6) is 0. The number of benzene rings is 4. The summed E-state index contributed by atoms with van der Waals surface area (Å²) in [4.78, 5) is 0. The van der Waals surface area contributed by atoms with Crippen LogP contribution in [-0.2, 0) is 12.6 Å². The Labute approximate surface area is 220 Å². The molecule has 0 amide bonds. The molecule has 0 saturated carbocycles. The summed E-state index contributed by atoms with van der Waals surface area (Å²) in [6, 6.07) is 43.5. The van der Waals surface area contributed by atoms with Crippen LogP contribution in [0.1, 0.15) is 31.9 Å². The second-order valence-corrected chi connectivity index (χ2v) is 21.0. The molecule has 2 heteroatoms. The van der Waals surface area contributed by atoms with Crippen molar-refractivity contribution in [1.29, 1.82) is 0 Å². The summed E-state index contributed by atoms with van der Waals surface area (Å²) in [6.45, 7) is 7.24. The van der Waals surface area contributed by atoms with Crippen molar-refractivity contribution in [3.63, 3.8) is 0 Å². The average molecular weight is 514 g/mol. The maximum absolute atomic E-state index is 2.57. The summed E-state index contributed by atoms with van der Waals surface area (Å²) in [6.07, 6.45) is 7.60. The van der Waals surface area contributed by atoms with Crippen LogP contribution in [0.4, 0.5) is 0 Å². The SMILES string of the molecule is CC[P+](CC)(CCc1ccc(P(C)(CC)(c2ccccc2)c2ccccc2)cc1)Cc1ccccc1. The molecule has 0 N–H and O–H groups in total. The Hall–Kier alpha value is -2.26. The standard InChI is InChI=1S/C34H43P2/c1-5-35(6-2,29-31-17-11-8-12-18-31)28-27-30-23-25-34(26-24-30)36(4,7-3,32-19-13-9-14-20-32)33-21-15-10-16-22-33/h8-26H,5-7,27-29H2,1-4H3/q+1. The van der Waals surface area contributed by atoms with Gasteiger partial charge >= 0.3 is 221 Å². The minimum absolute atomic E-state index is 0.996. The first-order valence-corrected chi connectivity index (χ1v) is 19.0. The van der Waals surface area contributed by atoms with Crippen molar-refractivity contribution in [3.05, 3.63) is 126 Å². The zero-order valence-electron chi connectivity index (χ0n) is 22.6. The van der Waals surface area contributed by atoms with Gasteiger partial charge in [0.25, 0.3) is 0 Å². The minimum atomic E-state index is -2.55. The summed E-state index contributed by atoms with van der Waals surface area (Å²) in [5.41, 5.74) is 3.00. The molecule has 4 aromatic rings. The molecule has 0 bridgehead atoms. The molecule has 4 rings (SSSR count). The van der Waals surface area contributed by atoms with Crippen molar-refractivity contribution in [1.82, 2.24) is 0 Å². The number of hydrogen-bond donors (Lipinski definition) is 0.